The molecule has 0 saturated carbocycles. The first-order chi connectivity index (χ1) is 28.4. The fourth-order valence-corrected chi connectivity index (χ4v) is 7.28. The Kier molecular flexibility index (Phi) is 23.1. The van der Waals surface area contributed by atoms with E-state index in [4.69, 9.17) is 33.7 Å². The Morgan fingerprint density at radius 1 is 0.741 bits per heavy atom. The molecule has 15 nitrogen and oxygen atoms in total. The van der Waals surface area contributed by atoms with Crippen molar-refractivity contribution in [3.05, 3.63) is 83.4 Å². The number of carboxylic acid groups (broad SMARTS) is 2. The first-order valence-electron chi connectivity index (χ1n) is 19.5. The summed E-state index contributed by atoms with van der Waals surface area (Å²) >= 11 is 2.95. The number of nitriles is 1. The van der Waals surface area contributed by atoms with Gasteiger partial charge in [0.15, 0.2) is 0 Å². The molecule has 1 atom stereocenters. The van der Waals surface area contributed by atoms with E-state index in [1.807, 2.05) is 48.2 Å². The Morgan fingerprint density at radius 2 is 1.31 bits per heavy atom. The summed E-state index contributed by atoms with van der Waals surface area (Å²) in [6, 6.07) is 17.5. The van der Waals surface area contributed by atoms with Crippen molar-refractivity contribution >= 4 is 35.5 Å². The van der Waals surface area contributed by atoms with Crippen molar-refractivity contribution in [3.63, 3.8) is 0 Å². The van der Waals surface area contributed by atoms with Crippen LogP contribution < -0.4 is 4.74 Å². The molecule has 1 fully saturated rings. The first kappa shape index (κ1) is 46.9. The van der Waals surface area contributed by atoms with Crippen LogP contribution in [-0.2, 0) is 36.8 Å². The summed E-state index contributed by atoms with van der Waals surface area (Å²) in [7, 11) is 0. The highest BCUT2D eigenvalue weighted by Gasteiger charge is 2.16. The molecule has 58 heavy (non-hydrogen) atoms. The fraction of sp³-hybridized carbons (Fsp3) is 0.537. The largest absolute Gasteiger partial charge is 0.491 e. The molecule has 316 valence electrons. The summed E-state index contributed by atoms with van der Waals surface area (Å²) in [5.41, 5.74) is 1.42. The Hall–Kier alpha value is -3.83. The molecule has 4 rings (SSSR count). The van der Waals surface area contributed by atoms with Crippen molar-refractivity contribution in [1.29, 1.82) is 5.26 Å². The zero-order valence-electron chi connectivity index (χ0n) is 32.9. The van der Waals surface area contributed by atoms with Gasteiger partial charge in [-0.15, -0.1) is 0 Å². The highest BCUT2D eigenvalue weighted by molar-refractivity contribution is 8.03. The van der Waals surface area contributed by atoms with Crippen LogP contribution in [0.3, 0.4) is 0 Å². The normalized spacial score (nSPS) is 17.1. The van der Waals surface area contributed by atoms with Gasteiger partial charge in [0.25, 0.3) is 0 Å². The molecule has 0 bridgehead atoms. The minimum absolute atomic E-state index is 0.0176. The van der Waals surface area contributed by atoms with Crippen LogP contribution in [0.5, 0.6) is 5.75 Å². The standard InChI is InChI=1S/C41H55N5O10S2/c42-32-58-37-11-9-36(10-12-37)56-25-24-53-22-23-54-26-27-57-31-33-4-3-13-45(28-34-5-1-7-38(43-34)40(47)48)14-17-51-20-21-52-18-15-46(16-19-55-30-33)29-35-6-2-8-39(44-35)41(49)50/h1-2,5-12,33H,3-4,13-31H2,(H,47,48)(H,49,50)/t33-/m0/s1. The molecule has 0 amide bonds. The molecule has 0 spiro atoms. The number of carbonyl (C=O) groups is 2. The van der Waals surface area contributed by atoms with E-state index in [9.17, 15) is 19.8 Å². The maximum atomic E-state index is 11.5. The van der Waals surface area contributed by atoms with Gasteiger partial charge in [-0.1, -0.05) is 12.1 Å². The van der Waals surface area contributed by atoms with Crippen molar-refractivity contribution in [3.8, 4) is 11.2 Å². The monoisotopic (exact) mass is 841 g/mol. The second kappa shape index (κ2) is 28.6. The summed E-state index contributed by atoms with van der Waals surface area (Å²) in [6.45, 7) is 9.10. The van der Waals surface area contributed by atoms with E-state index in [-0.39, 0.29) is 11.4 Å². The number of thioether (sulfide) groups is 2. The summed E-state index contributed by atoms with van der Waals surface area (Å²) in [5, 5.41) is 29.7. The predicted octanol–water partition coefficient (Wildman–Crippen LogP) is 5.06. The van der Waals surface area contributed by atoms with Gasteiger partial charge in [-0.2, -0.15) is 17.0 Å². The number of hydrogen-bond donors (Lipinski definition) is 2. The number of rotatable bonds is 19. The van der Waals surface area contributed by atoms with Crippen molar-refractivity contribution in [2.75, 3.05) is 110 Å². The Morgan fingerprint density at radius 3 is 1.91 bits per heavy atom. The number of nitrogens with zero attached hydrogens (tertiary/aromatic N) is 5. The summed E-state index contributed by atoms with van der Waals surface area (Å²) in [6.07, 6.45) is 1.85. The smallest absolute Gasteiger partial charge is 0.354 e. The Balaban J connectivity index is 1.23. The molecule has 2 aromatic heterocycles. The molecule has 3 aromatic rings. The Bertz CT molecular complexity index is 1670. The summed E-state index contributed by atoms with van der Waals surface area (Å²) in [5.74, 6) is 0.669. The molecule has 0 unspecified atom stereocenters. The van der Waals surface area contributed by atoms with Crippen LogP contribution >= 0.6 is 23.5 Å². The zero-order chi connectivity index (χ0) is 41.0. The van der Waals surface area contributed by atoms with E-state index >= 15 is 0 Å². The van der Waals surface area contributed by atoms with E-state index < -0.39 is 11.9 Å². The number of benzene rings is 1. The van der Waals surface area contributed by atoms with Crippen molar-refractivity contribution in [1.82, 2.24) is 19.8 Å². The number of aromatic nitrogens is 2. The van der Waals surface area contributed by atoms with E-state index in [1.165, 1.54) is 12.1 Å². The van der Waals surface area contributed by atoms with E-state index in [2.05, 4.69) is 25.2 Å². The molecule has 1 aromatic carbocycles. The van der Waals surface area contributed by atoms with Gasteiger partial charge in [0.05, 0.1) is 77.5 Å². The lowest BCUT2D eigenvalue weighted by Gasteiger charge is -2.25. The second-order valence-corrected chi connectivity index (χ2v) is 15.3. The molecule has 1 aliphatic rings. The maximum absolute atomic E-state index is 11.5. The van der Waals surface area contributed by atoms with Crippen LogP contribution in [0.2, 0.25) is 0 Å². The molecule has 0 aliphatic carbocycles. The molecule has 1 aliphatic heterocycles. The topological polar surface area (TPSA) is 186 Å². The van der Waals surface area contributed by atoms with Gasteiger partial charge in [-0.3, -0.25) is 9.80 Å². The first-order valence-corrected chi connectivity index (χ1v) is 21.4. The Labute approximate surface area is 349 Å². The van der Waals surface area contributed by atoms with E-state index in [1.54, 1.807) is 12.1 Å². The van der Waals surface area contributed by atoms with Crippen LogP contribution in [0.25, 0.3) is 0 Å². The van der Waals surface area contributed by atoms with Gasteiger partial charge in [-0.25, -0.2) is 19.6 Å². The third kappa shape index (κ3) is 19.7. The highest BCUT2D eigenvalue weighted by Crippen LogP contribution is 2.20. The SMILES string of the molecule is N#CSc1ccc(OCCOCCOCCSC[C@H]2CCCN(Cc3cccc(C(=O)O)n3)CCOCCOCCN(Cc3cccc(C(=O)O)n3)CCOC2)cc1. The third-order valence-electron chi connectivity index (χ3n) is 8.87. The zero-order valence-corrected chi connectivity index (χ0v) is 34.5. The average Bonchev–Trinajstić information content (AvgIpc) is 3.22. The number of carboxylic acids is 2. The van der Waals surface area contributed by atoms with Crippen molar-refractivity contribution in [2.45, 2.75) is 30.8 Å². The lowest BCUT2D eigenvalue weighted by Crippen LogP contribution is -2.32. The van der Waals surface area contributed by atoms with Crippen LogP contribution in [0.4, 0.5) is 0 Å². The van der Waals surface area contributed by atoms with Crippen LogP contribution in [0.1, 0.15) is 45.2 Å². The quantitative estimate of drug-likeness (QED) is 0.0927. The van der Waals surface area contributed by atoms with Gasteiger partial charge in [0.2, 0.25) is 0 Å². The van der Waals surface area contributed by atoms with E-state index in [0.29, 0.717) is 123 Å². The van der Waals surface area contributed by atoms with E-state index in [0.717, 1.165) is 53.3 Å². The number of pyridine rings is 2. The summed E-state index contributed by atoms with van der Waals surface area (Å²) in [4.78, 5) is 37.0. The van der Waals surface area contributed by atoms with Gasteiger partial charge < -0.3 is 38.6 Å². The van der Waals surface area contributed by atoms with Gasteiger partial charge >= 0.3 is 11.9 Å². The second-order valence-electron chi connectivity index (χ2n) is 13.3. The molecule has 3 heterocycles. The molecule has 0 radical (unpaired) electrons. The fourth-order valence-electron chi connectivity index (χ4n) is 5.91. The van der Waals surface area contributed by atoms with Crippen LogP contribution in [0.15, 0.2) is 65.6 Å². The van der Waals surface area contributed by atoms with Crippen molar-refractivity contribution < 1.29 is 48.2 Å². The van der Waals surface area contributed by atoms with Crippen LogP contribution in [0, 0.1) is 16.6 Å². The predicted molar refractivity (Wildman–Crippen MR) is 220 cm³/mol. The number of thiocyanates is 1. The number of ether oxygens (including phenoxy) is 6. The molecular weight excluding hydrogens is 787 g/mol. The average molecular weight is 842 g/mol. The number of aromatic carboxylic acids is 2. The van der Waals surface area contributed by atoms with Gasteiger partial charge in [0, 0.05) is 43.4 Å². The maximum Gasteiger partial charge on any atom is 0.354 e. The third-order valence-corrected chi connectivity index (χ3v) is 10.6. The number of hydrogen-bond acceptors (Lipinski definition) is 15. The minimum Gasteiger partial charge on any atom is -0.491 e. The van der Waals surface area contributed by atoms with Gasteiger partial charge in [-0.05, 0) is 91.3 Å². The minimum atomic E-state index is -1.06. The van der Waals surface area contributed by atoms with Crippen molar-refractivity contribution in [2.24, 2.45) is 5.92 Å². The summed E-state index contributed by atoms with van der Waals surface area (Å²) < 4.78 is 35.2. The lowest BCUT2D eigenvalue weighted by atomic mass is 10.1. The van der Waals surface area contributed by atoms with Crippen LogP contribution in [-0.4, -0.2) is 152 Å². The molecule has 1 saturated heterocycles. The molecular formula is C41H55N5O10S2. The highest BCUT2D eigenvalue weighted by atomic mass is 32.2. The molecule has 17 heteroatoms. The van der Waals surface area contributed by atoms with Gasteiger partial charge in [0.1, 0.15) is 29.1 Å². The lowest BCUT2D eigenvalue weighted by molar-refractivity contribution is 0.0219. The molecule has 2 N–H and O–H groups in total.